The van der Waals surface area contributed by atoms with Gasteiger partial charge < -0.3 is 25.0 Å². The van der Waals surface area contributed by atoms with E-state index in [0.29, 0.717) is 11.6 Å². The molecule has 3 aromatic rings. The number of nitrogens with one attached hydrogen (secondary N) is 1. The average molecular weight is 708 g/mol. The average Bonchev–Trinajstić information content (AvgIpc) is 3.51. The van der Waals surface area contributed by atoms with E-state index in [4.69, 9.17) is 34.1 Å². The van der Waals surface area contributed by atoms with Crippen molar-refractivity contribution >= 4 is 65.0 Å². The van der Waals surface area contributed by atoms with Crippen molar-refractivity contribution < 1.29 is 73.5 Å². The van der Waals surface area contributed by atoms with E-state index in [1.165, 1.54) is 16.9 Å². The van der Waals surface area contributed by atoms with Crippen LogP contribution >= 0.6 is 11.6 Å². The first-order valence-electron chi connectivity index (χ1n) is 10.8. The third-order valence-electron chi connectivity index (χ3n) is 4.93. The number of aryl methyl sites for hydroxylation is 1. The maximum atomic E-state index is 11.3. The largest absolute Gasteiger partial charge is 1.00 e. The van der Waals surface area contributed by atoms with Crippen molar-refractivity contribution in [3.8, 4) is 0 Å². The number of rotatable bonds is 10. The first-order chi connectivity index (χ1) is 18.6. The quantitative estimate of drug-likeness (QED) is 0.114. The van der Waals surface area contributed by atoms with Gasteiger partial charge in [-0.15, -0.1) is 0 Å². The normalized spacial score (nSPS) is 10.9. The molecule has 0 atom stereocenters. The number of sulfonamides is 1. The standard InChI is InChI=1S/C12H11ClN2O5S.C8H13N3O4S.AsHO2.Na/c13-9-5-10(15-6-7-2-1-3-20-7)8(12(16)17)4-11(9)21(14,18)19;1-3-16(14,15)5-4-10-7(2)9-6-8(10)11(12)13;2-1-3;/h1-5,15H,6H2,(H,16,17)(H2,14,18,19);6H,3-5H2,1-2H3;(H,2,3);/q;;;+1/p-1. The number of carboxylic acids is 1. The Morgan fingerprint density at radius 1 is 1.32 bits per heavy atom. The van der Waals surface area contributed by atoms with Gasteiger partial charge in [0.2, 0.25) is 10.0 Å². The van der Waals surface area contributed by atoms with Gasteiger partial charge in [-0.05, 0) is 29.2 Å². The number of primary sulfonamides is 1. The summed E-state index contributed by atoms with van der Waals surface area (Å²) in [6.45, 7) is 3.44. The summed E-state index contributed by atoms with van der Waals surface area (Å²) >= 11 is 4.02. The van der Waals surface area contributed by atoms with Crippen LogP contribution in [0.5, 0.6) is 0 Å². The zero-order chi connectivity index (χ0) is 30.7. The Morgan fingerprint density at radius 3 is 2.39 bits per heavy atom. The van der Waals surface area contributed by atoms with Crippen LogP contribution in [0.25, 0.3) is 0 Å². The van der Waals surface area contributed by atoms with E-state index in [2.05, 4.69) is 10.3 Å². The molecule has 0 aliphatic rings. The minimum atomic E-state index is -4.11. The molecule has 0 aliphatic carbocycles. The molecule has 16 nitrogen and oxygen atoms in total. The summed E-state index contributed by atoms with van der Waals surface area (Å²) in [4.78, 5) is 24.6. The summed E-state index contributed by atoms with van der Waals surface area (Å²) in [7, 11) is -7.23. The van der Waals surface area contributed by atoms with E-state index < -0.39 is 51.7 Å². The second kappa shape index (κ2) is 17.7. The number of hydrogen-bond acceptors (Lipinski definition) is 12. The topological polar surface area (TPSA) is 258 Å². The van der Waals surface area contributed by atoms with Crippen LogP contribution < -0.4 is 44.1 Å². The predicted molar refractivity (Wildman–Crippen MR) is 140 cm³/mol. The number of nitrogens with zero attached hydrogens (tertiary/aromatic N) is 3. The van der Waals surface area contributed by atoms with Crippen molar-refractivity contribution in [1.29, 1.82) is 0 Å². The molecule has 3 rings (SSSR count). The molecule has 1 aromatic carbocycles. The molecule has 0 radical (unpaired) electrons. The van der Waals surface area contributed by atoms with Crippen LogP contribution in [0.1, 0.15) is 28.9 Å². The number of sulfone groups is 1. The minimum absolute atomic E-state index is 0. The number of hydrogen-bond donors (Lipinski definition) is 3. The second-order valence-corrected chi connectivity index (χ2v) is 12.2. The van der Waals surface area contributed by atoms with Crippen molar-refractivity contribution in [2.45, 2.75) is 31.8 Å². The third kappa shape index (κ3) is 12.7. The molecular weight excluding hydrogens is 684 g/mol. The summed E-state index contributed by atoms with van der Waals surface area (Å²) in [6, 6.07) is 5.51. The molecule has 220 valence electrons. The summed E-state index contributed by atoms with van der Waals surface area (Å²) < 4.78 is 68.6. The number of imidazole rings is 1. The van der Waals surface area contributed by atoms with Gasteiger partial charge in [-0.25, -0.2) is 36.3 Å². The fourth-order valence-corrected chi connectivity index (χ4v) is 4.79. The van der Waals surface area contributed by atoms with E-state index in [-0.39, 0.29) is 76.2 Å². The molecule has 0 spiro atoms. The minimum Gasteiger partial charge on any atom is 1.00 e. The number of nitrogens with two attached hydrogens (primary N) is 1. The van der Waals surface area contributed by atoms with Gasteiger partial charge in [0, 0.05) is 12.7 Å². The van der Waals surface area contributed by atoms with Crippen LogP contribution in [0.2, 0.25) is 5.02 Å². The molecule has 2 heterocycles. The third-order valence-corrected chi connectivity index (χ3v) is 7.99. The van der Waals surface area contributed by atoms with Crippen molar-refractivity contribution in [2.75, 3.05) is 16.8 Å². The maximum absolute atomic E-state index is 11.3. The first kappa shape index (κ1) is 38.8. The summed E-state index contributed by atoms with van der Waals surface area (Å²) in [5, 5.41) is 27.4. The summed E-state index contributed by atoms with van der Waals surface area (Å²) in [5.41, 5.74) is -0.0914. The number of aromatic carboxylic acids is 1. The fraction of sp³-hybridized carbons (Fsp3) is 0.300. The molecule has 0 amide bonds. The number of nitro groups is 1. The van der Waals surface area contributed by atoms with Gasteiger partial charge in [-0.1, -0.05) is 18.5 Å². The van der Waals surface area contributed by atoms with Gasteiger partial charge in [-0.3, -0.25) is 0 Å². The number of halogens is 1. The fourth-order valence-electron chi connectivity index (χ4n) is 2.94. The molecule has 41 heavy (non-hydrogen) atoms. The van der Waals surface area contributed by atoms with Gasteiger partial charge in [0.15, 0.2) is 15.7 Å². The summed E-state index contributed by atoms with van der Waals surface area (Å²) in [5.74, 6) is -0.533. The number of anilines is 1. The first-order valence-corrected chi connectivity index (χ1v) is 16.0. The molecule has 21 heteroatoms. The predicted octanol–water partition coefficient (Wildman–Crippen LogP) is -2.26. The zero-order valence-corrected chi connectivity index (χ0v) is 28.1. The van der Waals surface area contributed by atoms with Crippen molar-refractivity contribution in [2.24, 2.45) is 5.14 Å². The van der Waals surface area contributed by atoms with Crippen LogP contribution in [0.3, 0.4) is 0 Å². The van der Waals surface area contributed by atoms with Crippen molar-refractivity contribution in [3.05, 3.63) is 69.0 Å². The van der Waals surface area contributed by atoms with Crippen LogP contribution in [-0.2, 0) is 36.7 Å². The van der Waals surface area contributed by atoms with Gasteiger partial charge >= 0.3 is 65.2 Å². The second-order valence-electron chi connectivity index (χ2n) is 7.49. The number of aromatic nitrogens is 2. The number of benzene rings is 1. The molecule has 4 N–H and O–H groups in total. The number of furan rings is 1. The van der Waals surface area contributed by atoms with Crippen LogP contribution in [0.15, 0.2) is 46.0 Å². The smallest absolute Gasteiger partial charge is 1.00 e. The summed E-state index contributed by atoms with van der Waals surface area (Å²) in [6.07, 6.45) is 2.61. The van der Waals surface area contributed by atoms with E-state index in [1.807, 2.05) is 0 Å². The van der Waals surface area contributed by atoms with E-state index >= 15 is 0 Å². The van der Waals surface area contributed by atoms with Crippen molar-refractivity contribution in [1.82, 2.24) is 9.55 Å². The Hall–Kier alpha value is -2.15. The van der Waals surface area contributed by atoms with Gasteiger partial charge in [0.25, 0.3) is 0 Å². The Labute approximate surface area is 269 Å². The van der Waals surface area contributed by atoms with E-state index in [0.717, 1.165) is 12.3 Å². The SMILES string of the molecule is CCS(=O)(=O)CCn1c([N+](=O)[O-])cnc1C.NS(=O)(=O)c1cc(C(=O)O)c(NCc2ccco2)cc1Cl.O=[As][O-].[Na+]. The molecule has 0 fully saturated rings. The van der Waals surface area contributed by atoms with Gasteiger partial charge in [-0.2, -0.15) is 0 Å². The Morgan fingerprint density at radius 2 is 1.93 bits per heavy atom. The Kier molecular flexibility index (Phi) is 16.8. The number of carboxylic acid groups (broad SMARTS) is 1. The van der Waals surface area contributed by atoms with E-state index in [1.54, 1.807) is 26.0 Å². The number of carbonyl (C=O) groups is 1. The van der Waals surface area contributed by atoms with Crippen molar-refractivity contribution in [3.63, 3.8) is 0 Å². The van der Waals surface area contributed by atoms with Crippen LogP contribution in [0, 0.1) is 17.0 Å². The Bertz CT molecular complexity index is 1550. The molecule has 0 saturated carbocycles. The molecular formula is C20H24AsClN5NaO11S2. The maximum Gasteiger partial charge on any atom is 1.00 e. The molecule has 0 saturated heterocycles. The molecule has 0 aliphatic heterocycles. The Balaban J connectivity index is 0.000000717. The zero-order valence-electron chi connectivity index (χ0n) is 21.9. The van der Waals surface area contributed by atoms with Gasteiger partial charge in [0.1, 0.15) is 23.4 Å². The monoisotopic (exact) mass is 707 g/mol. The molecule has 0 unspecified atom stereocenters. The van der Waals surface area contributed by atoms with E-state index in [9.17, 15) is 31.7 Å². The molecule has 0 bridgehead atoms. The molecule has 2 aromatic heterocycles. The van der Waals surface area contributed by atoms with Gasteiger partial charge in [0.05, 0.1) is 34.8 Å². The van der Waals surface area contributed by atoms with Crippen LogP contribution in [-0.4, -0.2) is 69.9 Å². The van der Waals surface area contributed by atoms with Crippen LogP contribution in [0.4, 0.5) is 11.5 Å².